The molecule has 0 atom stereocenters. The topological polar surface area (TPSA) is 34.2 Å². The molecule has 1 aromatic carbocycles. The molecule has 0 saturated heterocycles. The van der Waals surface area contributed by atoms with Crippen molar-refractivity contribution in [3.05, 3.63) is 43.8 Å². The molecule has 0 fully saturated rings. The van der Waals surface area contributed by atoms with Crippen LogP contribution < -0.4 is 10.1 Å². The summed E-state index contributed by atoms with van der Waals surface area (Å²) in [5.74, 6) is 1.31. The standard InChI is InChI=1S/C12H8BrCl3N2O/c1-17-11-8(15)5-9(16)12(18-11)19-10-3-2-6(14)4-7(10)13/h2-5H,1H3,(H,17,18). The van der Waals surface area contributed by atoms with Gasteiger partial charge in [-0.1, -0.05) is 34.8 Å². The highest BCUT2D eigenvalue weighted by molar-refractivity contribution is 9.10. The summed E-state index contributed by atoms with van der Waals surface area (Å²) >= 11 is 21.2. The van der Waals surface area contributed by atoms with Crippen molar-refractivity contribution in [1.82, 2.24) is 4.98 Å². The van der Waals surface area contributed by atoms with Crippen LogP contribution in [0, 0.1) is 0 Å². The second kappa shape index (κ2) is 6.18. The van der Waals surface area contributed by atoms with Crippen molar-refractivity contribution in [2.45, 2.75) is 0 Å². The summed E-state index contributed by atoms with van der Waals surface area (Å²) in [6.07, 6.45) is 0. The summed E-state index contributed by atoms with van der Waals surface area (Å²) in [7, 11) is 1.71. The molecule has 0 aliphatic rings. The average Bonchev–Trinajstić information content (AvgIpc) is 2.35. The van der Waals surface area contributed by atoms with E-state index < -0.39 is 0 Å². The molecule has 0 saturated carbocycles. The van der Waals surface area contributed by atoms with Gasteiger partial charge in [0.1, 0.15) is 16.6 Å². The number of halogens is 4. The first-order valence-electron chi connectivity index (χ1n) is 5.18. The van der Waals surface area contributed by atoms with Gasteiger partial charge in [-0.2, -0.15) is 4.98 Å². The zero-order valence-corrected chi connectivity index (χ0v) is 13.5. The Labute approximate surface area is 134 Å². The predicted molar refractivity (Wildman–Crippen MR) is 83.0 cm³/mol. The van der Waals surface area contributed by atoms with Crippen molar-refractivity contribution in [3.8, 4) is 11.6 Å². The molecule has 0 bridgehead atoms. The smallest absolute Gasteiger partial charge is 0.240 e. The highest BCUT2D eigenvalue weighted by Gasteiger charge is 2.12. The van der Waals surface area contributed by atoms with Gasteiger partial charge >= 0.3 is 0 Å². The van der Waals surface area contributed by atoms with Gasteiger partial charge < -0.3 is 10.1 Å². The summed E-state index contributed by atoms with van der Waals surface area (Å²) < 4.78 is 6.35. The molecule has 0 aliphatic heterocycles. The van der Waals surface area contributed by atoms with Gasteiger partial charge in [0.25, 0.3) is 0 Å². The fourth-order valence-corrected chi connectivity index (χ4v) is 2.61. The lowest BCUT2D eigenvalue weighted by Crippen LogP contribution is -1.97. The van der Waals surface area contributed by atoms with E-state index in [9.17, 15) is 0 Å². The number of nitrogens with one attached hydrogen (secondary N) is 1. The van der Waals surface area contributed by atoms with Crippen molar-refractivity contribution in [3.63, 3.8) is 0 Å². The number of rotatable bonds is 3. The molecule has 0 spiro atoms. The third kappa shape index (κ3) is 3.45. The van der Waals surface area contributed by atoms with Gasteiger partial charge in [-0.25, -0.2) is 0 Å². The average molecular weight is 382 g/mol. The van der Waals surface area contributed by atoms with E-state index in [0.29, 0.717) is 31.1 Å². The Kier molecular flexibility index (Phi) is 4.79. The van der Waals surface area contributed by atoms with Crippen molar-refractivity contribution in [1.29, 1.82) is 0 Å². The van der Waals surface area contributed by atoms with Crippen LogP contribution in [-0.2, 0) is 0 Å². The van der Waals surface area contributed by atoms with E-state index >= 15 is 0 Å². The van der Waals surface area contributed by atoms with E-state index in [2.05, 4.69) is 26.2 Å². The largest absolute Gasteiger partial charge is 0.436 e. The van der Waals surface area contributed by atoms with Crippen LogP contribution in [0.2, 0.25) is 15.1 Å². The van der Waals surface area contributed by atoms with E-state index in [0.717, 1.165) is 0 Å². The van der Waals surface area contributed by atoms with Gasteiger partial charge in [0, 0.05) is 12.1 Å². The van der Waals surface area contributed by atoms with E-state index in [1.54, 1.807) is 31.3 Å². The van der Waals surface area contributed by atoms with Gasteiger partial charge in [0.2, 0.25) is 5.88 Å². The second-order valence-corrected chi connectivity index (χ2v) is 5.64. The highest BCUT2D eigenvalue weighted by Crippen LogP contribution is 2.36. The molecule has 1 aromatic heterocycles. The zero-order chi connectivity index (χ0) is 14.0. The quantitative estimate of drug-likeness (QED) is 0.746. The number of hydrogen-bond acceptors (Lipinski definition) is 3. The van der Waals surface area contributed by atoms with Gasteiger partial charge in [0.05, 0.1) is 9.50 Å². The minimum atomic E-state index is 0.262. The van der Waals surface area contributed by atoms with Gasteiger partial charge in [0.15, 0.2) is 0 Å². The lowest BCUT2D eigenvalue weighted by atomic mass is 10.3. The van der Waals surface area contributed by atoms with Crippen LogP contribution in [0.4, 0.5) is 5.82 Å². The normalized spacial score (nSPS) is 10.4. The molecule has 7 heteroatoms. The van der Waals surface area contributed by atoms with E-state index in [1.165, 1.54) is 0 Å². The fraction of sp³-hybridized carbons (Fsp3) is 0.0833. The Balaban J connectivity index is 2.37. The molecule has 1 heterocycles. The molecule has 0 unspecified atom stereocenters. The van der Waals surface area contributed by atoms with Crippen LogP contribution in [0.5, 0.6) is 11.6 Å². The molecule has 0 radical (unpaired) electrons. The molecular formula is C12H8BrCl3N2O. The maximum Gasteiger partial charge on any atom is 0.240 e. The third-order valence-electron chi connectivity index (χ3n) is 2.23. The number of ether oxygens (including phenoxy) is 1. The van der Waals surface area contributed by atoms with E-state index in [-0.39, 0.29) is 5.88 Å². The molecule has 2 rings (SSSR count). The van der Waals surface area contributed by atoms with Crippen LogP contribution in [-0.4, -0.2) is 12.0 Å². The fourth-order valence-electron chi connectivity index (χ4n) is 1.36. The first-order chi connectivity index (χ1) is 9.01. The lowest BCUT2D eigenvalue weighted by Gasteiger charge is -2.11. The van der Waals surface area contributed by atoms with Crippen LogP contribution >= 0.6 is 50.7 Å². The first kappa shape index (κ1) is 14.7. The molecular weight excluding hydrogens is 374 g/mol. The summed E-state index contributed by atoms with van der Waals surface area (Å²) in [6.45, 7) is 0. The number of aromatic nitrogens is 1. The molecule has 0 amide bonds. The minimum absolute atomic E-state index is 0.262. The number of nitrogens with zero attached hydrogens (tertiary/aromatic N) is 1. The van der Waals surface area contributed by atoms with Crippen molar-refractivity contribution >= 4 is 56.6 Å². The molecule has 3 nitrogen and oxygen atoms in total. The number of pyridine rings is 1. The third-order valence-corrected chi connectivity index (χ3v) is 3.65. The zero-order valence-electron chi connectivity index (χ0n) is 9.68. The number of benzene rings is 1. The van der Waals surface area contributed by atoms with Crippen molar-refractivity contribution in [2.24, 2.45) is 0 Å². The van der Waals surface area contributed by atoms with Crippen LogP contribution in [0.1, 0.15) is 0 Å². The van der Waals surface area contributed by atoms with Gasteiger partial charge in [-0.3, -0.25) is 0 Å². The number of anilines is 1. The Hall–Kier alpha value is -0.680. The maximum absolute atomic E-state index is 6.05. The maximum atomic E-state index is 6.05. The second-order valence-electron chi connectivity index (χ2n) is 3.53. The molecule has 19 heavy (non-hydrogen) atoms. The molecule has 0 aliphatic carbocycles. The van der Waals surface area contributed by atoms with Gasteiger partial charge in [-0.15, -0.1) is 0 Å². The van der Waals surface area contributed by atoms with Gasteiger partial charge in [-0.05, 0) is 40.2 Å². The first-order valence-corrected chi connectivity index (χ1v) is 7.10. The monoisotopic (exact) mass is 380 g/mol. The molecule has 2 aromatic rings. The Morgan fingerprint density at radius 3 is 2.53 bits per heavy atom. The summed E-state index contributed by atoms with van der Waals surface area (Å²) in [5, 5.41) is 4.21. The molecule has 1 N–H and O–H groups in total. The molecule has 100 valence electrons. The van der Waals surface area contributed by atoms with E-state index in [1.807, 2.05) is 0 Å². The summed E-state index contributed by atoms with van der Waals surface area (Å²) in [6, 6.07) is 6.73. The summed E-state index contributed by atoms with van der Waals surface area (Å²) in [5.41, 5.74) is 0. The minimum Gasteiger partial charge on any atom is -0.436 e. The van der Waals surface area contributed by atoms with Crippen molar-refractivity contribution < 1.29 is 4.74 Å². The number of hydrogen-bond donors (Lipinski definition) is 1. The Morgan fingerprint density at radius 1 is 1.16 bits per heavy atom. The highest BCUT2D eigenvalue weighted by atomic mass is 79.9. The Morgan fingerprint density at radius 2 is 1.89 bits per heavy atom. The van der Waals surface area contributed by atoms with E-state index in [4.69, 9.17) is 39.5 Å². The Bertz CT molecular complexity index is 622. The van der Waals surface area contributed by atoms with Crippen LogP contribution in [0.3, 0.4) is 0 Å². The van der Waals surface area contributed by atoms with Crippen molar-refractivity contribution in [2.75, 3.05) is 12.4 Å². The predicted octanol–water partition coefficient (Wildman–Crippen LogP) is 5.64. The van der Waals surface area contributed by atoms with Crippen LogP contribution in [0.25, 0.3) is 0 Å². The van der Waals surface area contributed by atoms with Crippen LogP contribution in [0.15, 0.2) is 28.7 Å². The lowest BCUT2D eigenvalue weighted by molar-refractivity contribution is 0.461. The SMILES string of the molecule is CNc1nc(Oc2ccc(Cl)cc2Br)c(Cl)cc1Cl. The summed E-state index contributed by atoms with van der Waals surface area (Å²) in [4.78, 5) is 4.20.